The minimum atomic E-state index is -3.58. The number of anilines is 1. The van der Waals surface area contributed by atoms with Crippen LogP contribution in [0.5, 0.6) is 0 Å². The van der Waals surface area contributed by atoms with E-state index in [1.807, 2.05) is 0 Å². The fourth-order valence-electron chi connectivity index (χ4n) is 3.21. The molecular formula is C19H22N4O4S3. The number of benzene rings is 1. The highest BCUT2D eigenvalue weighted by Gasteiger charge is 2.25. The van der Waals surface area contributed by atoms with Crippen molar-refractivity contribution in [3.05, 3.63) is 45.8 Å². The molecule has 1 aliphatic rings. The highest BCUT2D eigenvalue weighted by molar-refractivity contribution is 7.89. The Morgan fingerprint density at radius 2 is 1.77 bits per heavy atom. The summed E-state index contributed by atoms with van der Waals surface area (Å²) in [6.07, 6.45) is 3.76. The summed E-state index contributed by atoms with van der Waals surface area (Å²) in [6.45, 7) is 0. The maximum Gasteiger partial charge on any atom is 0.257 e. The average Bonchev–Trinajstić information content (AvgIpc) is 3.05. The van der Waals surface area contributed by atoms with E-state index < -0.39 is 21.8 Å². The molecule has 1 heterocycles. The number of carbonyl (C=O) groups excluding carboxylic acids is 2. The van der Waals surface area contributed by atoms with E-state index in [0.29, 0.717) is 10.6 Å². The van der Waals surface area contributed by atoms with E-state index >= 15 is 0 Å². The number of amides is 2. The maximum atomic E-state index is 12.5. The standard InChI is InChI=1S/C19H22N4O4S3/c1-23(2)30(26,27)12-9-7-11(8-10-12)17(25)21-19(28)22-18-15(16(20)24)13-5-3-4-6-14(13)29-18/h7-10H,3-6H2,1-2H3,(H2,20,24)(H2,21,22,25,28). The van der Waals surface area contributed by atoms with E-state index in [1.54, 1.807) is 0 Å². The predicted octanol–water partition coefficient (Wildman–Crippen LogP) is 2.10. The smallest absolute Gasteiger partial charge is 0.257 e. The lowest BCUT2D eigenvalue weighted by Gasteiger charge is -2.12. The summed E-state index contributed by atoms with van der Waals surface area (Å²) in [5.74, 6) is -1.02. The molecule has 11 heteroatoms. The Morgan fingerprint density at radius 1 is 1.13 bits per heavy atom. The molecule has 0 saturated heterocycles. The zero-order valence-electron chi connectivity index (χ0n) is 16.5. The van der Waals surface area contributed by atoms with Crippen molar-refractivity contribution < 1.29 is 18.0 Å². The maximum absolute atomic E-state index is 12.5. The average molecular weight is 467 g/mol. The number of aryl methyl sites for hydroxylation is 1. The summed E-state index contributed by atoms with van der Waals surface area (Å²) in [7, 11) is -0.710. The molecule has 160 valence electrons. The van der Waals surface area contributed by atoms with Crippen LogP contribution in [0, 0.1) is 0 Å². The molecule has 0 aliphatic heterocycles. The number of thiocarbonyl (C=S) groups is 1. The van der Waals surface area contributed by atoms with E-state index in [0.717, 1.165) is 40.4 Å². The van der Waals surface area contributed by atoms with Crippen molar-refractivity contribution in [2.45, 2.75) is 30.6 Å². The van der Waals surface area contributed by atoms with Gasteiger partial charge < -0.3 is 11.1 Å². The summed E-state index contributed by atoms with van der Waals surface area (Å²) in [5.41, 5.74) is 7.21. The Bertz CT molecular complexity index is 1110. The van der Waals surface area contributed by atoms with Gasteiger partial charge in [0, 0.05) is 24.5 Å². The highest BCUT2D eigenvalue weighted by atomic mass is 32.2. The molecule has 0 unspecified atom stereocenters. The van der Waals surface area contributed by atoms with Crippen LogP contribution in [0.25, 0.3) is 0 Å². The summed E-state index contributed by atoms with van der Waals surface area (Å²) in [4.78, 5) is 25.6. The predicted molar refractivity (Wildman–Crippen MR) is 120 cm³/mol. The van der Waals surface area contributed by atoms with Crippen molar-refractivity contribution in [1.29, 1.82) is 0 Å². The number of sulfonamides is 1. The number of primary amides is 1. The van der Waals surface area contributed by atoms with Crippen molar-refractivity contribution >= 4 is 55.5 Å². The van der Waals surface area contributed by atoms with Gasteiger partial charge in [-0.3, -0.25) is 14.9 Å². The van der Waals surface area contributed by atoms with Crippen LogP contribution in [0.15, 0.2) is 29.2 Å². The first kappa shape index (κ1) is 22.3. The number of thiophene rings is 1. The van der Waals surface area contributed by atoms with E-state index in [1.165, 1.54) is 49.7 Å². The Hall–Kier alpha value is -2.34. The lowest BCUT2D eigenvalue weighted by atomic mass is 9.95. The fraction of sp³-hybridized carbons (Fsp3) is 0.316. The molecule has 4 N–H and O–H groups in total. The SMILES string of the molecule is CN(C)S(=O)(=O)c1ccc(C(=O)NC(=S)Nc2sc3c(c2C(N)=O)CCCC3)cc1. The van der Waals surface area contributed by atoms with E-state index in [4.69, 9.17) is 18.0 Å². The Morgan fingerprint density at radius 3 is 2.37 bits per heavy atom. The molecule has 1 aromatic heterocycles. The van der Waals surface area contributed by atoms with Crippen LogP contribution in [0.4, 0.5) is 5.00 Å². The van der Waals surface area contributed by atoms with E-state index in [2.05, 4.69) is 10.6 Å². The van der Waals surface area contributed by atoms with Gasteiger partial charge in [-0.15, -0.1) is 11.3 Å². The molecule has 0 fully saturated rings. The molecule has 1 aliphatic carbocycles. The molecule has 30 heavy (non-hydrogen) atoms. The second-order valence-corrected chi connectivity index (χ2v) is 10.7. The van der Waals surface area contributed by atoms with Gasteiger partial charge in [0.05, 0.1) is 10.5 Å². The van der Waals surface area contributed by atoms with Gasteiger partial charge in [0.1, 0.15) is 5.00 Å². The van der Waals surface area contributed by atoms with Gasteiger partial charge in [-0.1, -0.05) is 0 Å². The van der Waals surface area contributed by atoms with Gasteiger partial charge in [-0.05, 0) is 67.7 Å². The number of carbonyl (C=O) groups is 2. The van der Waals surface area contributed by atoms with Gasteiger partial charge in [0.15, 0.2) is 5.11 Å². The quantitative estimate of drug-likeness (QED) is 0.580. The molecule has 2 amide bonds. The normalized spacial score (nSPS) is 13.6. The zero-order valence-corrected chi connectivity index (χ0v) is 19.0. The summed E-state index contributed by atoms with van der Waals surface area (Å²) in [6, 6.07) is 5.54. The first-order chi connectivity index (χ1) is 14.1. The van der Waals surface area contributed by atoms with E-state index in [9.17, 15) is 18.0 Å². The number of nitrogens with zero attached hydrogens (tertiary/aromatic N) is 1. The van der Waals surface area contributed by atoms with Gasteiger partial charge in [-0.2, -0.15) is 0 Å². The molecule has 0 atom stereocenters. The fourth-order valence-corrected chi connectivity index (χ4v) is 5.67. The Labute approximate surface area is 184 Å². The molecule has 0 spiro atoms. The molecular weight excluding hydrogens is 444 g/mol. The largest absolute Gasteiger partial charge is 0.365 e. The van der Waals surface area contributed by atoms with Crippen LogP contribution in [0.1, 0.15) is 44.0 Å². The minimum absolute atomic E-state index is 0.0334. The van der Waals surface area contributed by atoms with Gasteiger partial charge in [-0.25, -0.2) is 12.7 Å². The molecule has 8 nitrogen and oxygen atoms in total. The number of nitrogens with one attached hydrogen (secondary N) is 2. The van der Waals surface area contributed by atoms with Gasteiger partial charge in [0.25, 0.3) is 11.8 Å². The monoisotopic (exact) mass is 466 g/mol. The first-order valence-corrected chi connectivity index (χ1v) is 11.9. The summed E-state index contributed by atoms with van der Waals surface area (Å²) < 4.78 is 25.3. The second kappa shape index (κ2) is 8.80. The van der Waals surface area contributed by atoms with Crippen molar-refractivity contribution in [2.75, 3.05) is 19.4 Å². The van der Waals surface area contributed by atoms with Crippen molar-refractivity contribution in [1.82, 2.24) is 9.62 Å². The summed E-state index contributed by atoms with van der Waals surface area (Å²) in [5, 5.41) is 6.03. The number of nitrogens with two attached hydrogens (primary N) is 1. The lowest BCUT2D eigenvalue weighted by Crippen LogP contribution is -2.34. The third kappa shape index (κ3) is 4.53. The highest BCUT2D eigenvalue weighted by Crippen LogP contribution is 2.37. The second-order valence-electron chi connectivity index (χ2n) is 7.00. The van der Waals surface area contributed by atoms with Crippen molar-refractivity contribution in [3.8, 4) is 0 Å². The molecule has 3 rings (SSSR count). The van der Waals surface area contributed by atoms with Gasteiger partial charge >= 0.3 is 0 Å². The van der Waals surface area contributed by atoms with Crippen LogP contribution in [-0.4, -0.2) is 43.7 Å². The van der Waals surface area contributed by atoms with E-state index in [-0.39, 0.29) is 15.6 Å². The number of fused-ring (bicyclic) bond motifs is 1. The van der Waals surface area contributed by atoms with Crippen LogP contribution >= 0.6 is 23.6 Å². The molecule has 0 radical (unpaired) electrons. The number of rotatable bonds is 5. The van der Waals surface area contributed by atoms with Crippen molar-refractivity contribution in [3.63, 3.8) is 0 Å². The minimum Gasteiger partial charge on any atom is -0.365 e. The van der Waals surface area contributed by atoms with Gasteiger partial charge in [0.2, 0.25) is 10.0 Å². The topological polar surface area (TPSA) is 122 Å². The number of hydrogen-bond acceptors (Lipinski definition) is 6. The third-order valence-corrected chi connectivity index (χ3v) is 8.01. The Balaban J connectivity index is 1.72. The van der Waals surface area contributed by atoms with Crippen LogP contribution in [-0.2, 0) is 22.9 Å². The molecule has 2 aromatic rings. The van der Waals surface area contributed by atoms with Crippen LogP contribution in [0.2, 0.25) is 0 Å². The first-order valence-electron chi connectivity index (χ1n) is 9.20. The van der Waals surface area contributed by atoms with Crippen molar-refractivity contribution in [2.24, 2.45) is 5.73 Å². The molecule has 0 bridgehead atoms. The molecule has 0 saturated carbocycles. The lowest BCUT2D eigenvalue weighted by molar-refractivity contribution is 0.0975. The summed E-state index contributed by atoms with van der Waals surface area (Å²) >= 11 is 6.65. The van der Waals surface area contributed by atoms with Crippen LogP contribution in [0.3, 0.4) is 0 Å². The molecule has 1 aromatic carbocycles. The zero-order chi connectivity index (χ0) is 22.1. The number of hydrogen-bond donors (Lipinski definition) is 3. The van der Waals surface area contributed by atoms with Crippen LogP contribution < -0.4 is 16.4 Å². The third-order valence-electron chi connectivity index (χ3n) is 4.77. The Kier molecular flexibility index (Phi) is 6.56.